The quantitative estimate of drug-likeness (QED) is 0.581. The van der Waals surface area contributed by atoms with Crippen LogP contribution in [0.25, 0.3) is 0 Å². The lowest BCUT2D eigenvalue weighted by molar-refractivity contribution is -0.335. The number of hydrogen-bond acceptors (Lipinski definition) is 4. The molecule has 0 aliphatic carbocycles. The summed E-state index contributed by atoms with van der Waals surface area (Å²) in [6.07, 6.45) is -0.847. The fourth-order valence-electron chi connectivity index (χ4n) is 0.778. The molecule has 0 heterocycles. The third-order valence-corrected chi connectivity index (χ3v) is 1.50. The molecule has 0 radical (unpaired) electrons. The van der Waals surface area contributed by atoms with Crippen LogP contribution >= 0.6 is 0 Å². The molecule has 0 aromatic heterocycles. The van der Waals surface area contributed by atoms with Crippen molar-refractivity contribution in [3.8, 4) is 0 Å². The fraction of sp³-hybridized carbons (Fsp3) is 0.875. The Hall–Kier alpha value is -0.750. The zero-order valence-electron chi connectivity index (χ0n) is 8.25. The first-order valence-electron chi connectivity index (χ1n) is 4.05. The van der Waals surface area contributed by atoms with E-state index < -0.39 is 24.8 Å². The van der Waals surface area contributed by atoms with Crippen LogP contribution in [0.15, 0.2) is 0 Å². The molecule has 1 unspecified atom stereocenters. The van der Waals surface area contributed by atoms with Gasteiger partial charge in [-0.3, -0.25) is 0 Å². The highest BCUT2D eigenvalue weighted by atomic mass is 19.3. The molecule has 0 aliphatic heterocycles. The van der Waals surface area contributed by atoms with Crippen LogP contribution < -0.4 is 5.11 Å². The SMILES string of the molecule is COC(OCC(F)(F)C(=O)[O-])C(C)C. The van der Waals surface area contributed by atoms with Gasteiger partial charge < -0.3 is 19.4 Å². The molecule has 0 saturated heterocycles. The van der Waals surface area contributed by atoms with Crippen molar-refractivity contribution in [3.63, 3.8) is 0 Å². The smallest absolute Gasteiger partial charge is 0.310 e. The number of carboxylic acid groups (broad SMARTS) is 1. The summed E-state index contributed by atoms with van der Waals surface area (Å²) >= 11 is 0. The number of aliphatic carboxylic acids is 1. The Labute approximate surface area is 80.8 Å². The van der Waals surface area contributed by atoms with E-state index in [2.05, 4.69) is 4.74 Å². The Kier molecular flexibility index (Phi) is 4.93. The minimum absolute atomic E-state index is 0.141. The second kappa shape index (κ2) is 5.21. The second-order valence-corrected chi connectivity index (χ2v) is 3.15. The number of carbonyl (C=O) groups is 1. The van der Waals surface area contributed by atoms with Crippen molar-refractivity contribution in [2.24, 2.45) is 5.92 Å². The van der Waals surface area contributed by atoms with Crippen molar-refractivity contribution >= 4 is 5.97 Å². The average molecular weight is 211 g/mol. The predicted molar refractivity (Wildman–Crippen MR) is 41.5 cm³/mol. The third kappa shape index (κ3) is 3.97. The van der Waals surface area contributed by atoms with Crippen LogP contribution in [0.2, 0.25) is 0 Å². The molecule has 0 spiro atoms. The molecule has 0 aromatic carbocycles. The van der Waals surface area contributed by atoms with Gasteiger partial charge in [0.25, 0.3) is 0 Å². The Morgan fingerprint density at radius 2 is 2.00 bits per heavy atom. The zero-order chi connectivity index (χ0) is 11.4. The topological polar surface area (TPSA) is 58.6 Å². The Morgan fingerprint density at radius 3 is 2.29 bits per heavy atom. The van der Waals surface area contributed by atoms with Crippen molar-refractivity contribution < 1.29 is 28.2 Å². The summed E-state index contributed by atoms with van der Waals surface area (Å²) < 4.78 is 34.2. The zero-order valence-corrected chi connectivity index (χ0v) is 8.25. The van der Waals surface area contributed by atoms with Crippen molar-refractivity contribution in [1.29, 1.82) is 0 Å². The first-order chi connectivity index (χ1) is 6.31. The molecule has 84 valence electrons. The van der Waals surface area contributed by atoms with Crippen LogP contribution in [-0.4, -0.2) is 31.9 Å². The predicted octanol–water partition coefficient (Wildman–Crippen LogP) is 0.0167. The Balaban J connectivity index is 4.09. The van der Waals surface area contributed by atoms with Crippen LogP contribution in [0.1, 0.15) is 13.8 Å². The lowest BCUT2D eigenvalue weighted by Crippen LogP contribution is -2.46. The average Bonchev–Trinajstić information content (AvgIpc) is 2.04. The van der Waals surface area contributed by atoms with Gasteiger partial charge in [-0.25, -0.2) is 0 Å². The maximum absolute atomic E-state index is 12.5. The molecule has 0 bridgehead atoms. The number of alkyl halides is 2. The first kappa shape index (κ1) is 13.2. The van der Waals surface area contributed by atoms with E-state index in [-0.39, 0.29) is 5.92 Å². The van der Waals surface area contributed by atoms with E-state index in [9.17, 15) is 18.7 Å². The van der Waals surface area contributed by atoms with Crippen molar-refractivity contribution in [1.82, 2.24) is 0 Å². The molecule has 0 aliphatic rings. The highest BCUT2D eigenvalue weighted by Crippen LogP contribution is 2.16. The molecule has 0 amide bonds. The van der Waals surface area contributed by atoms with Crippen LogP contribution in [-0.2, 0) is 14.3 Å². The molecule has 6 heteroatoms. The van der Waals surface area contributed by atoms with Gasteiger partial charge in [0.05, 0.1) is 0 Å². The maximum Gasteiger partial charge on any atom is 0.310 e. The normalized spacial score (nSPS) is 14.4. The summed E-state index contributed by atoms with van der Waals surface area (Å²) in [5.74, 6) is -6.57. The minimum atomic E-state index is -3.98. The Morgan fingerprint density at radius 1 is 1.50 bits per heavy atom. The van der Waals surface area contributed by atoms with E-state index in [1.807, 2.05) is 0 Å². The van der Waals surface area contributed by atoms with Gasteiger partial charge >= 0.3 is 5.92 Å². The minimum Gasteiger partial charge on any atom is -0.544 e. The van der Waals surface area contributed by atoms with E-state index in [4.69, 9.17) is 4.74 Å². The largest absolute Gasteiger partial charge is 0.544 e. The van der Waals surface area contributed by atoms with Gasteiger partial charge in [0, 0.05) is 13.0 Å². The Bertz CT molecular complexity index is 194. The summed E-state index contributed by atoms with van der Waals surface area (Å²) in [7, 11) is 1.29. The fourth-order valence-corrected chi connectivity index (χ4v) is 0.778. The van der Waals surface area contributed by atoms with Gasteiger partial charge in [-0.05, 0) is 0 Å². The van der Waals surface area contributed by atoms with Gasteiger partial charge in [0.1, 0.15) is 12.6 Å². The van der Waals surface area contributed by atoms with E-state index in [1.54, 1.807) is 13.8 Å². The number of ether oxygens (including phenoxy) is 2. The highest BCUT2D eigenvalue weighted by Gasteiger charge is 2.33. The van der Waals surface area contributed by atoms with Gasteiger partial charge in [0.15, 0.2) is 6.29 Å². The van der Waals surface area contributed by atoms with Gasteiger partial charge in [-0.1, -0.05) is 13.8 Å². The summed E-state index contributed by atoms with van der Waals surface area (Å²) in [4.78, 5) is 9.91. The maximum atomic E-state index is 12.5. The first-order valence-corrected chi connectivity index (χ1v) is 4.05. The summed E-state index contributed by atoms with van der Waals surface area (Å²) in [5.41, 5.74) is 0. The summed E-state index contributed by atoms with van der Waals surface area (Å²) in [5, 5.41) is 9.91. The molecule has 0 rings (SSSR count). The number of methoxy groups -OCH3 is 1. The van der Waals surface area contributed by atoms with Gasteiger partial charge in [-0.2, -0.15) is 8.78 Å². The molecule has 0 fully saturated rings. The van der Waals surface area contributed by atoms with Gasteiger partial charge in [-0.15, -0.1) is 0 Å². The van der Waals surface area contributed by atoms with Gasteiger partial charge in [0.2, 0.25) is 0 Å². The van der Waals surface area contributed by atoms with Crippen LogP contribution in [0.4, 0.5) is 8.78 Å². The number of carboxylic acids is 1. The molecule has 0 N–H and O–H groups in total. The van der Waals surface area contributed by atoms with E-state index in [0.29, 0.717) is 0 Å². The van der Waals surface area contributed by atoms with Crippen LogP contribution in [0.3, 0.4) is 0 Å². The van der Waals surface area contributed by atoms with Crippen molar-refractivity contribution in [3.05, 3.63) is 0 Å². The van der Waals surface area contributed by atoms with Crippen molar-refractivity contribution in [2.45, 2.75) is 26.1 Å². The molecule has 0 saturated carbocycles. The standard InChI is InChI=1S/C8H14F2O4/c1-5(2)6(13-3)14-4-8(9,10)7(11)12/h5-6H,4H2,1-3H3,(H,11,12)/p-1. The molecule has 1 atom stereocenters. The molecule has 4 nitrogen and oxygen atoms in total. The van der Waals surface area contributed by atoms with E-state index in [0.717, 1.165) is 0 Å². The lowest BCUT2D eigenvalue weighted by atomic mass is 10.2. The summed E-state index contributed by atoms with van der Waals surface area (Å²) in [6, 6.07) is 0. The van der Waals surface area contributed by atoms with Crippen LogP contribution in [0, 0.1) is 5.92 Å². The number of halogens is 2. The number of hydrogen-bond donors (Lipinski definition) is 0. The molecular formula is C8H13F2O4-. The molecule has 0 aromatic rings. The number of carbonyl (C=O) groups excluding carboxylic acids is 1. The molecule has 14 heavy (non-hydrogen) atoms. The number of rotatable bonds is 6. The summed E-state index contributed by atoms with van der Waals surface area (Å²) in [6.45, 7) is 2.16. The molecular weight excluding hydrogens is 198 g/mol. The van der Waals surface area contributed by atoms with E-state index >= 15 is 0 Å². The third-order valence-electron chi connectivity index (χ3n) is 1.50. The van der Waals surface area contributed by atoms with E-state index in [1.165, 1.54) is 7.11 Å². The monoisotopic (exact) mass is 211 g/mol. The van der Waals surface area contributed by atoms with Crippen molar-refractivity contribution in [2.75, 3.05) is 13.7 Å². The highest BCUT2D eigenvalue weighted by molar-refractivity contribution is 5.73. The lowest BCUT2D eigenvalue weighted by Gasteiger charge is -2.23. The van der Waals surface area contributed by atoms with Crippen LogP contribution in [0.5, 0.6) is 0 Å². The second-order valence-electron chi connectivity index (χ2n) is 3.15.